The molecule has 43 heavy (non-hydrogen) atoms. The monoisotopic (exact) mass is 741 g/mol. The Morgan fingerprint density at radius 3 is 2.14 bits per heavy atom. The molecule has 0 amide bonds. The van der Waals surface area contributed by atoms with Gasteiger partial charge in [-0.3, -0.25) is 4.98 Å². The van der Waals surface area contributed by atoms with Gasteiger partial charge in [0.25, 0.3) is 0 Å². The SMILES string of the molecule is Cc1cc(C)c(N2[CH-]N(c3[c-]c(Oc4[c-]c(-c5nccn5-c5ccccn5)ccc4)ccc3)c3ccccc32)c(C)c1.[Pt]. The molecule has 0 atom stereocenters. The van der Waals surface area contributed by atoms with Crippen molar-refractivity contribution in [2.45, 2.75) is 20.8 Å². The molecule has 0 saturated heterocycles. The molecule has 0 aliphatic carbocycles. The maximum atomic E-state index is 6.30. The molecule has 0 spiro atoms. The van der Waals surface area contributed by atoms with E-state index in [4.69, 9.17) is 4.74 Å². The van der Waals surface area contributed by atoms with Gasteiger partial charge >= 0.3 is 0 Å². The van der Waals surface area contributed by atoms with Crippen molar-refractivity contribution in [2.24, 2.45) is 0 Å². The molecule has 0 unspecified atom stereocenters. The van der Waals surface area contributed by atoms with Gasteiger partial charge in [0.2, 0.25) is 0 Å². The fourth-order valence-corrected chi connectivity index (χ4v) is 5.61. The second kappa shape index (κ2) is 11.9. The first-order valence-corrected chi connectivity index (χ1v) is 13.8. The zero-order chi connectivity index (χ0) is 28.6. The summed E-state index contributed by atoms with van der Waals surface area (Å²) in [7, 11) is 0. The number of hydrogen-bond acceptors (Lipinski definition) is 5. The van der Waals surface area contributed by atoms with Crippen molar-refractivity contribution in [2.75, 3.05) is 9.80 Å². The molecule has 0 radical (unpaired) electrons. The maximum Gasteiger partial charge on any atom is 0.129 e. The zero-order valence-electron chi connectivity index (χ0n) is 23.9. The molecule has 6 nitrogen and oxygen atoms in total. The third-order valence-corrected chi connectivity index (χ3v) is 7.29. The van der Waals surface area contributed by atoms with Crippen LogP contribution in [0.2, 0.25) is 0 Å². The van der Waals surface area contributed by atoms with Gasteiger partial charge in [-0.05, 0) is 56.2 Å². The van der Waals surface area contributed by atoms with Crippen LogP contribution in [0.15, 0.2) is 110 Å². The molecule has 1 aliphatic rings. The molecule has 0 fully saturated rings. The first kappa shape index (κ1) is 28.4. The molecule has 7 heteroatoms. The molecule has 4 aromatic carbocycles. The normalized spacial score (nSPS) is 12.2. The summed E-state index contributed by atoms with van der Waals surface area (Å²) in [5.74, 6) is 2.70. The average Bonchev–Trinajstić information content (AvgIpc) is 3.64. The summed E-state index contributed by atoms with van der Waals surface area (Å²) >= 11 is 0. The van der Waals surface area contributed by atoms with E-state index in [0.717, 1.165) is 34.3 Å². The van der Waals surface area contributed by atoms with Crippen molar-refractivity contribution in [1.82, 2.24) is 14.5 Å². The number of nitrogens with zero attached hydrogens (tertiary/aromatic N) is 5. The predicted octanol–water partition coefficient (Wildman–Crippen LogP) is 8.66. The van der Waals surface area contributed by atoms with Crippen LogP contribution in [0, 0.1) is 39.6 Å². The van der Waals surface area contributed by atoms with Gasteiger partial charge in [-0.2, -0.15) is 6.07 Å². The number of para-hydroxylation sites is 2. The van der Waals surface area contributed by atoms with Gasteiger partial charge in [0.1, 0.15) is 5.82 Å². The molecule has 6 aromatic rings. The molecular weight excluding hydrogens is 714 g/mol. The largest absolute Gasteiger partial charge is 0.503 e. The Bertz CT molecular complexity index is 1880. The topological polar surface area (TPSA) is 46.4 Å². The Morgan fingerprint density at radius 2 is 1.40 bits per heavy atom. The molecule has 2 aromatic heterocycles. The first-order chi connectivity index (χ1) is 20.5. The Hall–Kier alpha value is -4.67. The van der Waals surface area contributed by atoms with Gasteiger partial charge in [0.15, 0.2) is 0 Å². The number of ether oxygens (including phenoxy) is 1. The summed E-state index contributed by atoms with van der Waals surface area (Å²) in [6.45, 7) is 8.61. The van der Waals surface area contributed by atoms with Crippen molar-refractivity contribution in [3.8, 4) is 28.7 Å². The van der Waals surface area contributed by atoms with Crippen LogP contribution in [0.4, 0.5) is 22.7 Å². The van der Waals surface area contributed by atoms with Crippen molar-refractivity contribution in [1.29, 1.82) is 0 Å². The van der Waals surface area contributed by atoms with E-state index in [2.05, 4.69) is 95.7 Å². The van der Waals surface area contributed by atoms with Crippen LogP contribution in [0.25, 0.3) is 17.2 Å². The number of anilines is 4. The van der Waals surface area contributed by atoms with E-state index in [9.17, 15) is 0 Å². The standard InChI is InChI=1S/C36H28N5O.Pt/c1-25-20-26(2)35(27(3)21-25)41-24-40(32-14-4-5-15-33(32)41)29-11-9-13-31(23-29)42-30-12-8-10-28(22-30)36-38-18-19-39(36)34-16-6-7-17-37-34;/h4-21,24H,1-3H3;/q-3;. The van der Waals surface area contributed by atoms with Gasteiger partial charge in [-0.1, -0.05) is 42.0 Å². The Morgan fingerprint density at radius 1 is 0.698 bits per heavy atom. The maximum absolute atomic E-state index is 6.30. The van der Waals surface area contributed by atoms with Crippen LogP contribution < -0.4 is 14.5 Å². The van der Waals surface area contributed by atoms with E-state index in [0.29, 0.717) is 11.5 Å². The summed E-state index contributed by atoms with van der Waals surface area (Å²) in [5, 5.41) is 0. The summed E-state index contributed by atoms with van der Waals surface area (Å²) in [5.41, 5.74) is 8.82. The number of benzene rings is 4. The van der Waals surface area contributed by atoms with Crippen LogP contribution >= 0.6 is 0 Å². The quantitative estimate of drug-likeness (QED) is 0.160. The molecule has 1 aliphatic heterocycles. The number of aryl methyl sites for hydroxylation is 3. The minimum absolute atomic E-state index is 0. The van der Waals surface area contributed by atoms with E-state index in [1.807, 2.05) is 65.4 Å². The molecule has 7 rings (SSSR count). The Kier molecular flexibility index (Phi) is 7.88. The zero-order valence-corrected chi connectivity index (χ0v) is 26.2. The average molecular weight is 742 g/mol. The second-order valence-electron chi connectivity index (χ2n) is 10.3. The Labute approximate surface area is 266 Å². The molecule has 0 N–H and O–H groups in total. The van der Waals surface area contributed by atoms with Crippen molar-refractivity contribution >= 4 is 22.7 Å². The molecule has 3 heterocycles. The van der Waals surface area contributed by atoms with Crippen LogP contribution in [0.5, 0.6) is 11.5 Å². The van der Waals surface area contributed by atoms with Crippen LogP contribution in [-0.4, -0.2) is 14.5 Å². The summed E-state index contributed by atoms with van der Waals surface area (Å²) in [6.07, 6.45) is 5.42. The van der Waals surface area contributed by atoms with E-state index in [1.165, 1.54) is 22.4 Å². The van der Waals surface area contributed by atoms with Gasteiger partial charge in [0.05, 0.1) is 5.82 Å². The smallest absolute Gasteiger partial charge is 0.129 e. The van der Waals surface area contributed by atoms with E-state index >= 15 is 0 Å². The van der Waals surface area contributed by atoms with Gasteiger partial charge < -0.3 is 19.1 Å². The number of imidazole rings is 1. The van der Waals surface area contributed by atoms with E-state index in [1.54, 1.807) is 12.4 Å². The Balaban J connectivity index is 0.00000329. The minimum Gasteiger partial charge on any atom is -0.503 e. The van der Waals surface area contributed by atoms with E-state index < -0.39 is 0 Å². The second-order valence-corrected chi connectivity index (χ2v) is 10.3. The van der Waals surface area contributed by atoms with Crippen molar-refractivity contribution < 1.29 is 25.8 Å². The molecule has 0 bridgehead atoms. The third kappa shape index (κ3) is 5.47. The fourth-order valence-electron chi connectivity index (χ4n) is 5.61. The summed E-state index contributed by atoms with van der Waals surface area (Å²) in [6, 6.07) is 37.3. The van der Waals surface area contributed by atoms with Crippen LogP contribution in [-0.2, 0) is 21.1 Å². The third-order valence-electron chi connectivity index (χ3n) is 7.29. The minimum atomic E-state index is 0. The van der Waals surface area contributed by atoms with Crippen molar-refractivity contribution in [3.05, 3.63) is 145 Å². The number of hydrogen-bond donors (Lipinski definition) is 0. The van der Waals surface area contributed by atoms with Crippen LogP contribution in [0.1, 0.15) is 16.7 Å². The van der Waals surface area contributed by atoms with E-state index in [-0.39, 0.29) is 21.1 Å². The first-order valence-electron chi connectivity index (χ1n) is 13.8. The molecular formula is C36H28N5OPt-3. The van der Waals surface area contributed by atoms with Gasteiger partial charge in [-0.25, -0.2) is 4.98 Å². The molecule has 216 valence electrons. The summed E-state index contributed by atoms with van der Waals surface area (Å²) < 4.78 is 8.23. The van der Waals surface area contributed by atoms with Gasteiger partial charge in [0, 0.05) is 68.2 Å². The van der Waals surface area contributed by atoms with Gasteiger partial charge in [-0.15, -0.1) is 54.3 Å². The number of pyridine rings is 1. The van der Waals surface area contributed by atoms with Crippen molar-refractivity contribution in [3.63, 3.8) is 0 Å². The molecule has 0 saturated carbocycles. The van der Waals surface area contributed by atoms with Crippen LogP contribution in [0.3, 0.4) is 0 Å². The number of rotatable bonds is 6. The number of fused-ring (bicyclic) bond motifs is 1. The summed E-state index contributed by atoms with van der Waals surface area (Å²) in [4.78, 5) is 13.4. The number of aromatic nitrogens is 3. The predicted molar refractivity (Wildman–Crippen MR) is 167 cm³/mol. The fraction of sp³-hybridized carbons (Fsp3) is 0.0833.